The minimum atomic E-state index is 0. The number of nitrogens with one attached hydrogen (secondary N) is 1. The van der Waals surface area contributed by atoms with Crippen molar-refractivity contribution in [2.24, 2.45) is 10.9 Å². The number of fused-ring (bicyclic) bond motifs is 1. The molecule has 2 aliphatic heterocycles. The van der Waals surface area contributed by atoms with Crippen LogP contribution in [0.2, 0.25) is 0 Å². The van der Waals surface area contributed by atoms with Gasteiger partial charge < -0.3 is 12.3 Å². The fourth-order valence-corrected chi connectivity index (χ4v) is 8.66. The number of likely N-dealkylation sites (tertiary alicyclic amines) is 2. The molecule has 4 aliphatic rings. The molecule has 6 rings (SSSR count). The number of allylic oxidation sites excluding steroid dienone is 1. The summed E-state index contributed by atoms with van der Waals surface area (Å²) in [7, 11) is 0. The number of nitrogens with zero attached hydrogens (tertiary/aromatic N) is 2. The van der Waals surface area contributed by atoms with Crippen molar-refractivity contribution in [2.45, 2.75) is 162 Å². The van der Waals surface area contributed by atoms with E-state index in [2.05, 4.69) is 116 Å². The second-order valence-corrected chi connectivity index (χ2v) is 18.5. The summed E-state index contributed by atoms with van der Waals surface area (Å²) in [6, 6.07) is 10.2. The average molecular weight is 796 g/mol. The van der Waals surface area contributed by atoms with E-state index in [-0.39, 0.29) is 51.0 Å². The van der Waals surface area contributed by atoms with E-state index in [9.17, 15) is 0 Å². The van der Waals surface area contributed by atoms with Gasteiger partial charge in [0.1, 0.15) is 6.54 Å². The Kier molecular flexibility index (Phi) is 18.3. The molecule has 291 valence electrons. The molecule has 1 saturated carbocycles. The molecule has 2 aromatic rings. The zero-order valence-electron chi connectivity index (χ0n) is 35.7. The van der Waals surface area contributed by atoms with Crippen LogP contribution in [0.4, 0.5) is 0 Å². The molecule has 0 aromatic heterocycles. The van der Waals surface area contributed by atoms with Gasteiger partial charge in [-0.1, -0.05) is 111 Å². The van der Waals surface area contributed by atoms with Crippen LogP contribution in [0.15, 0.2) is 41.9 Å². The predicted molar refractivity (Wildman–Crippen MR) is 229 cm³/mol. The van der Waals surface area contributed by atoms with Crippen LogP contribution in [0.3, 0.4) is 0 Å². The second-order valence-electron chi connectivity index (χ2n) is 18.5. The van der Waals surface area contributed by atoms with E-state index < -0.39 is 0 Å². The molecule has 2 unspecified atom stereocenters. The Bertz CT molecular complexity index is 1490. The van der Waals surface area contributed by atoms with Crippen molar-refractivity contribution in [3.05, 3.63) is 94.8 Å². The van der Waals surface area contributed by atoms with Crippen LogP contribution in [-0.2, 0) is 63.0 Å². The molecule has 1 N–H and O–H groups in total. The van der Waals surface area contributed by atoms with Crippen LogP contribution < -0.4 is 4.90 Å². The minimum absolute atomic E-state index is 0. The zero-order valence-corrected chi connectivity index (χ0v) is 38.5. The standard InChI is InChI=1S/C26H40N2.C22H32N.CH3.Y/c1-6-24-21(18-27-25-13-9-8-12-20(25)2)16-23(26(3,4)5)17-22(24)19-28-14-10-7-11-15-28;1-5-17-9-10-18-14-20(22(2,3)4)15-19(21(18)13-17)16-23-11-7-6-8-12-23;;/h6,16-18,20,25H,1,7-15,19H2,2-5H3;9-10,14-15H,5-8,11-13,16H2,1-4H3;1H3;/q;2*-1;/p+1. The Balaban J connectivity index is 0.000000280. The first-order valence-electron chi connectivity index (χ1n) is 20.9. The normalized spacial score (nSPS) is 21.2. The SMILES string of the molecule is C=Cc1c(C=NC2CCCCC2C)cc(C(C)(C)C)cc1CN1CCCCC1.CC[C-]1C=Cc2cc(C(C)(C)C)cc(C[NH+]3CCCCC3)c2C1.[CH3-].[Y]. The number of hydrogen-bond acceptors (Lipinski definition) is 2. The topological polar surface area (TPSA) is 20.0 Å². The fourth-order valence-electron chi connectivity index (χ4n) is 8.66. The molecule has 2 heterocycles. The van der Waals surface area contributed by atoms with Crippen molar-refractivity contribution in [3.8, 4) is 0 Å². The van der Waals surface area contributed by atoms with Gasteiger partial charge in [0.15, 0.2) is 0 Å². The van der Waals surface area contributed by atoms with Gasteiger partial charge in [0.05, 0.1) is 19.1 Å². The van der Waals surface area contributed by atoms with Gasteiger partial charge in [-0.3, -0.25) is 9.89 Å². The van der Waals surface area contributed by atoms with Crippen molar-refractivity contribution in [3.63, 3.8) is 0 Å². The third kappa shape index (κ3) is 13.0. The van der Waals surface area contributed by atoms with Crippen LogP contribution in [0.5, 0.6) is 0 Å². The van der Waals surface area contributed by atoms with E-state index in [1.54, 1.807) is 21.9 Å². The summed E-state index contributed by atoms with van der Waals surface area (Å²) in [4.78, 5) is 9.47. The van der Waals surface area contributed by atoms with E-state index in [4.69, 9.17) is 4.99 Å². The minimum Gasteiger partial charge on any atom is -0.358 e. The molecular formula is C49H76N3Y-. The van der Waals surface area contributed by atoms with E-state index in [1.807, 2.05) is 0 Å². The van der Waals surface area contributed by atoms with E-state index in [1.165, 1.54) is 137 Å². The van der Waals surface area contributed by atoms with E-state index in [0.29, 0.717) is 12.0 Å². The summed E-state index contributed by atoms with van der Waals surface area (Å²) in [5, 5.41) is 0. The van der Waals surface area contributed by atoms with E-state index >= 15 is 0 Å². The fraction of sp³-hybridized carbons (Fsp3) is 0.612. The van der Waals surface area contributed by atoms with Crippen molar-refractivity contribution < 1.29 is 37.6 Å². The molecule has 3 fully saturated rings. The molecule has 53 heavy (non-hydrogen) atoms. The summed E-state index contributed by atoms with van der Waals surface area (Å²) in [6.07, 6.45) is 24.8. The Morgan fingerprint density at radius 2 is 1.47 bits per heavy atom. The Morgan fingerprint density at radius 1 is 0.849 bits per heavy atom. The second kappa shape index (κ2) is 21.1. The first kappa shape index (κ1) is 45.9. The largest absolute Gasteiger partial charge is 0.358 e. The van der Waals surface area contributed by atoms with Crippen LogP contribution in [0.1, 0.15) is 171 Å². The summed E-state index contributed by atoms with van der Waals surface area (Å²) >= 11 is 0. The smallest absolute Gasteiger partial charge is 0.103 e. The third-order valence-electron chi connectivity index (χ3n) is 12.3. The summed E-state index contributed by atoms with van der Waals surface area (Å²) in [6.45, 7) is 30.2. The summed E-state index contributed by atoms with van der Waals surface area (Å²) in [5.41, 5.74) is 11.9. The Labute approximate surface area is 352 Å². The molecular weight excluding hydrogens is 719 g/mol. The Hall–Kier alpha value is -1.52. The maximum Gasteiger partial charge on any atom is 0.103 e. The molecule has 1 radical (unpaired) electrons. The molecule has 4 heteroatoms. The van der Waals surface area contributed by atoms with Gasteiger partial charge >= 0.3 is 0 Å². The number of quaternary nitrogens is 1. The molecule has 2 saturated heterocycles. The van der Waals surface area contributed by atoms with Crippen molar-refractivity contribution in [2.75, 3.05) is 26.2 Å². The van der Waals surface area contributed by atoms with Crippen LogP contribution in [0, 0.1) is 19.3 Å². The van der Waals surface area contributed by atoms with Crippen molar-refractivity contribution in [1.82, 2.24) is 4.90 Å². The van der Waals surface area contributed by atoms with Crippen molar-refractivity contribution >= 4 is 18.4 Å². The zero-order chi connectivity index (χ0) is 36.6. The summed E-state index contributed by atoms with van der Waals surface area (Å²) in [5.74, 6) is 2.28. The number of aliphatic imine (C=N–C) groups is 1. The monoisotopic (exact) mass is 796 g/mol. The number of piperidine rings is 2. The van der Waals surface area contributed by atoms with Gasteiger partial charge in [-0.15, -0.1) is 12.0 Å². The van der Waals surface area contributed by atoms with Gasteiger partial charge in [-0.25, -0.2) is 18.1 Å². The average Bonchev–Trinajstić information content (AvgIpc) is 3.11. The van der Waals surface area contributed by atoms with E-state index in [0.717, 1.165) is 13.0 Å². The van der Waals surface area contributed by atoms with Crippen LogP contribution >= 0.6 is 0 Å². The maximum absolute atomic E-state index is 5.07. The van der Waals surface area contributed by atoms with Gasteiger partial charge in [-0.2, -0.15) is 0 Å². The molecule has 2 aromatic carbocycles. The molecule has 2 atom stereocenters. The summed E-state index contributed by atoms with van der Waals surface area (Å²) < 4.78 is 0. The molecule has 3 nitrogen and oxygen atoms in total. The third-order valence-corrected chi connectivity index (χ3v) is 12.3. The first-order valence-corrected chi connectivity index (χ1v) is 20.9. The van der Waals surface area contributed by atoms with Crippen LogP contribution in [0.25, 0.3) is 12.2 Å². The quantitative estimate of drug-likeness (QED) is 0.208. The predicted octanol–water partition coefficient (Wildman–Crippen LogP) is 11.2. The van der Waals surface area contributed by atoms with Crippen LogP contribution in [-0.4, -0.2) is 43.3 Å². The maximum atomic E-state index is 5.07. The molecule has 0 amide bonds. The Morgan fingerprint density at radius 3 is 2.09 bits per heavy atom. The molecule has 0 spiro atoms. The van der Waals surface area contributed by atoms with Gasteiger partial charge in [0, 0.05) is 56.6 Å². The van der Waals surface area contributed by atoms with Gasteiger partial charge in [0.2, 0.25) is 0 Å². The van der Waals surface area contributed by atoms with Gasteiger partial charge in [-0.05, 0) is 109 Å². The van der Waals surface area contributed by atoms with Crippen molar-refractivity contribution in [1.29, 1.82) is 0 Å². The molecule has 0 bridgehead atoms. The number of rotatable bonds is 8. The molecule has 2 aliphatic carbocycles. The van der Waals surface area contributed by atoms with Gasteiger partial charge in [0.25, 0.3) is 0 Å². The number of hydrogen-bond donors (Lipinski definition) is 1. The number of benzene rings is 2. The first-order chi connectivity index (χ1) is 24.4.